The number of nitrogens with zero attached hydrogens (tertiary/aromatic N) is 4. The van der Waals surface area contributed by atoms with E-state index in [4.69, 9.17) is 4.74 Å². The molecule has 2 heterocycles. The van der Waals surface area contributed by atoms with Crippen LogP contribution in [0, 0.1) is 5.82 Å². The highest BCUT2D eigenvalue weighted by Gasteiger charge is 2.26. The van der Waals surface area contributed by atoms with Gasteiger partial charge >= 0.3 is 0 Å². The van der Waals surface area contributed by atoms with Crippen LogP contribution < -0.4 is 4.90 Å². The highest BCUT2D eigenvalue weighted by Crippen LogP contribution is 2.26. The molecule has 1 saturated heterocycles. The summed E-state index contributed by atoms with van der Waals surface area (Å²) < 4.78 is 18.9. The second-order valence-electron chi connectivity index (χ2n) is 6.20. The maximum atomic E-state index is 13.0. The van der Waals surface area contributed by atoms with Crippen LogP contribution in [0.4, 0.5) is 10.2 Å². The zero-order valence-electron chi connectivity index (χ0n) is 14.2. The van der Waals surface area contributed by atoms with Crippen molar-refractivity contribution in [1.82, 2.24) is 14.9 Å². The largest absolute Gasteiger partial charge is 0.369 e. The fourth-order valence-corrected chi connectivity index (χ4v) is 2.92. The standard InChI is InChI=1S/C18H23FN4O/c1-22(2)18-17(20-8-9-21-18)16-13-23(11-12-24-16)10-7-14-3-5-15(19)6-4-14/h3-6,8-9,16H,7,10-13H2,1-2H3/t16-/m1/s1. The molecule has 0 saturated carbocycles. The van der Waals surface area contributed by atoms with Gasteiger partial charge in [-0.25, -0.2) is 9.37 Å². The first kappa shape index (κ1) is 16.8. The molecule has 0 amide bonds. The lowest BCUT2D eigenvalue weighted by Gasteiger charge is -2.33. The molecule has 2 aromatic rings. The van der Waals surface area contributed by atoms with Crippen LogP contribution in [-0.4, -0.2) is 55.2 Å². The number of ether oxygens (including phenoxy) is 1. The average Bonchev–Trinajstić information content (AvgIpc) is 2.61. The minimum Gasteiger partial charge on any atom is -0.369 e. The predicted molar refractivity (Wildman–Crippen MR) is 91.6 cm³/mol. The van der Waals surface area contributed by atoms with Crippen molar-refractivity contribution in [3.05, 3.63) is 53.7 Å². The number of benzene rings is 1. The van der Waals surface area contributed by atoms with Crippen LogP contribution in [0.25, 0.3) is 0 Å². The minimum atomic E-state index is -0.191. The Kier molecular flexibility index (Phi) is 5.37. The Hall–Kier alpha value is -2.05. The molecular weight excluding hydrogens is 307 g/mol. The van der Waals surface area contributed by atoms with Gasteiger partial charge in [-0.2, -0.15) is 0 Å². The van der Waals surface area contributed by atoms with E-state index < -0.39 is 0 Å². The molecular formula is C18H23FN4O. The third kappa shape index (κ3) is 4.07. The summed E-state index contributed by atoms with van der Waals surface area (Å²) in [5.41, 5.74) is 2.03. The Morgan fingerprint density at radius 1 is 1.21 bits per heavy atom. The van der Waals surface area contributed by atoms with Crippen molar-refractivity contribution in [1.29, 1.82) is 0 Å². The molecule has 6 heteroatoms. The second kappa shape index (κ2) is 7.68. The van der Waals surface area contributed by atoms with E-state index in [9.17, 15) is 4.39 Å². The van der Waals surface area contributed by atoms with Gasteiger partial charge in [-0.3, -0.25) is 9.88 Å². The van der Waals surface area contributed by atoms with Gasteiger partial charge in [-0.15, -0.1) is 0 Å². The first-order valence-corrected chi connectivity index (χ1v) is 8.20. The van der Waals surface area contributed by atoms with Gasteiger partial charge in [0.05, 0.1) is 6.61 Å². The van der Waals surface area contributed by atoms with Crippen molar-refractivity contribution in [2.45, 2.75) is 12.5 Å². The van der Waals surface area contributed by atoms with Crippen molar-refractivity contribution in [3.63, 3.8) is 0 Å². The van der Waals surface area contributed by atoms with Gasteiger partial charge in [0.15, 0.2) is 5.82 Å². The van der Waals surface area contributed by atoms with E-state index >= 15 is 0 Å². The maximum absolute atomic E-state index is 13.0. The number of aromatic nitrogens is 2. The number of rotatable bonds is 5. The lowest BCUT2D eigenvalue weighted by molar-refractivity contribution is -0.0315. The van der Waals surface area contributed by atoms with E-state index in [2.05, 4.69) is 14.9 Å². The molecule has 0 spiro atoms. The molecule has 1 aliphatic rings. The van der Waals surface area contributed by atoms with E-state index in [1.54, 1.807) is 12.4 Å². The zero-order chi connectivity index (χ0) is 16.9. The lowest BCUT2D eigenvalue weighted by Crippen LogP contribution is -2.40. The smallest absolute Gasteiger partial charge is 0.152 e. The fourth-order valence-electron chi connectivity index (χ4n) is 2.92. The molecule has 5 nitrogen and oxygen atoms in total. The Labute approximate surface area is 142 Å². The monoisotopic (exact) mass is 330 g/mol. The molecule has 0 bridgehead atoms. The van der Waals surface area contributed by atoms with Gasteiger partial charge in [0.25, 0.3) is 0 Å². The Morgan fingerprint density at radius 2 is 1.96 bits per heavy atom. The van der Waals surface area contributed by atoms with Crippen molar-refractivity contribution in [2.24, 2.45) is 0 Å². The first-order valence-electron chi connectivity index (χ1n) is 8.20. The van der Waals surface area contributed by atoms with Gasteiger partial charge in [0, 0.05) is 46.1 Å². The van der Waals surface area contributed by atoms with Gasteiger partial charge in [-0.1, -0.05) is 12.1 Å². The van der Waals surface area contributed by atoms with E-state index in [0.717, 1.165) is 43.1 Å². The predicted octanol–water partition coefficient (Wildman–Crippen LogP) is 2.30. The molecule has 128 valence electrons. The summed E-state index contributed by atoms with van der Waals surface area (Å²) >= 11 is 0. The van der Waals surface area contributed by atoms with Gasteiger partial charge in [0.1, 0.15) is 17.6 Å². The van der Waals surface area contributed by atoms with Crippen molar-refractivity contribution >= 4 is 5.82 Å². The average molecular weight is 330 g/mol. The number of anilines is 1. The molecule has 0 radical (unpaired) electrons. The molecule has 0 aliphatic carbocycles. The van der Waals surface area contributed by atoms with E-state index in [0.29, 0.717) is 6.61 Å². The summed E-state index contributed by atoms with van der Waals surface area (Å²) in [6.07, 6.45) is 4.24. The third-order valence-electron chi connectivity index (χ3n) is 4.22. The molecule has 1 aliphatic heterocycles. The van der Waals surface area contributed by atoms with Crippen molar-refractivity contribution < 1.29 is 9.13 Å². The molecule has 3 rings (SSSR count). The minimum absolute atomic E-state index is 0.0712. The quantitative estimate of drug-likeness (QED) is 0.841. The Morgan fingerprint density at radius 3 is 2.71 bits per heavy atom. The van der Waals surface area contributed by atoms with Crippen LogP contribution in [0.1, 0.15) is 17.4 Å². The van der Waals surface area contributed by atoms with Crippen LogP contribution in [0.5, 0.6) is 0 Å². The van der Waals surface area contributed by atoms with Gasteiger partial charge < -0.3 is 9.64 Å². The normalized spacial score (nSPS) is 18.5. The highest BCUT2D eigenvalue weighted by atomic mass is 19.1. The summed E-state index contributed by atoms with van der Waals surface area (Å²) in [6.45, 7) is 3.29. The maximum Gasteiger partial charge on any atom is 0.152 e. The molecule has 1 aromatic carbocycles. The van der Waals surface area contributed by atoms with Crippen LogP contribution in [0.15, 0.2) is 36.7 Å². The Bertz CT molecular complexity index is 662. The Balaban J connectivity index is 1.63. The number of hydrogen-bond donors (Lipinski definition) is 0. The molecule has 1 aromatic heterocycles. The van der Waals surface area contributed by atoms with Crippen LogP contribution in [0.3, 0.4) is 0 Å². The zero-order valence-corrected chi connectivity index (χ0v) is 14.2. The van der Waals surface area contributed by atoms with Crippen LogP contribution in [0.2, 0.25) is 0 Å². The van der Waals surface area contributed by atoms with E-state index in [-0.39, 0.29) is 11.9 Å². The number of morpholine rings is 1. The van der Waals surface area contributed by atoms with Gasteiger partial charge in [0.2, 0.25) is 0 Å². The van der Waals surface area contributed by atoms with Crippen LogP contribution in [-0.2, 0) is 11.2 Å². The molecule has 24 heavy (non-hydrogen) atoms. The van der Waals surface area contributed by atoms with Crippen molar-refractivity contribution in [3.8, 4) is 0 Å². The van der Waals surface area contributed by atoms with E-state index in [1.807, 2.05) is 31.1 Å². The fraction of sp³-hybridized carbons (Fsp3) is 0.444. The summed E-state index contributed by atoms with van der Waals surface area (Å²) in [5, 5.41) is 0. The summed E-state index contributed by atoms with van der Waals surface area (Å²) in [6, 6.07) is 6.72. The lowest BCUT2D eigenvalue weighted by atomic mass is 10.1. The summed E-state index contributed by atoms with van der Waals surface area (Å²) in [7, 11) is 3.92. The topological polar surface area (TPSA) is 41.5 Å². The summed E-state index contributed by atoms with van der Waals surface area (Å²) in [4.78, 5) is 13.2. The molecule has 1 atom stereocenters. The van der Waals surface area contributed by atoms with Crippen LogP contribution >= 0.6 is 0 Å². The molecule has 0 unspecified atom stereocenters. The molecule has 0 N–H and O–H groups in total. The number of hydrogen-bond acceptors (Lipinski definition) is 5. The van der Waals surface area contributed by atoms with E-state index in [1.165, 1.54) is 12.1 Å². The third-order valence-corrected chi connectivity index (χ3v) is 4.22. The first-order chi connectivity index (χ1) is 11.6. The second-order valence-corrected chi connectivity index (χ2v) is 6.20. The summed E-state index contributed by atoms with van der Waals surface area (Å²) in [5.74, 6) is 0.659. The van der Waals surface area contributed by atoms with Crippen molar-refractivity contribution in [2.75, 3.05) is 45.2 Å². The SMILES string of the molecule is CN(C)c1nccnc1[C@H]1CN(CCc2ccc(F)cc2)CCO1. The van der Waals surface area contributed by atoms with Gasteiger partial charge in [-0.05, 0) is 24.1 Å². The molecule has 1 fully saturated rings. The highest BCUT2D eigenvalue weighted by molar-refractivity contribution is 5.42. The number of halogens is 1.